The Morgan fingerprint density at radius 1 is 0.559 bits per heavy atom. The number of hydrogen-bond acceptors (Lipinski definition) is 3. The number of hydrogen-bond donors (Lipinski definition) is 0. The van der Waals surface area contributed by atoms with E-state index in [-0.39, 0.29) is 0 Å². The minimum Gasteiger partial charge on any atom is -0.606 e. The van der Waals surface area contributed by atoms with Gasteiger partial charge in [-0.3, -0.25) is 0 Å². The van der Waals surface area contributed by atoms with Gasteiger partial charge in [0.15, 0.2) is 21.3 Å². The minimum atomic E-state index is -1.49. The summed E-state index contributed by atoms with van der Waals surface area (Å²) in [6, 6.07) is 26.7. The molecule has 34 heavy (non-hydrogen) atoms. The maximum atomic E-state index is 13.6. The van der Waals surface area contributed by atoms with Crippen molar-refractivity contribution in [1.29, 1.82) is 0 Å². The highest BCUT2D eigenvalue weighted by molar-refractivity contribution is 9.11. The van der Waals surface area contributed by atoms with Crippen LogP contribution in [0.1, 0.15) is 11.1 Å². The van der Waals surface area contributed by atoms with E-state index >= 15 is 0 Å². The van der Waals surface area contributed by atoms with Crippen LogP contribution in [-0.4, -0.2) is 4.55 Å². The Bertz CT molecular complexity index is 1160. The molecule has 4 aromatic rings. The standard InChI is InChI=1S/C26H18Br4O3S/c27-19-9-17(10-20(28)13-19)15-32-23-5-1-3-7-25(23)34(31)26-8-4-2-6-24(26)33-16-18-11-21(29)14-22(30)12-18/h1-14H,15-16H2. The largest absolute Gasteiger partial charge is 0.606 e. The maximum Gasteiger partial charge on any atom is 0.200 e. The molecule has 4 rings (SSSR count). The second kappa shape index (κ2) is 12.1. The van der Waals surface area contributed by atoms with E-state index in [0.29, 0.717) is 34.5 Å². The molecule has 0 saturated heterocycles. The first-order valence-electron chi connectivity index (χ1n) is 10.1. The molecule has 0 aromatic heterocycles. The molecule has 0 unspecified atom stereocenters. The Hall–Kier alpha value is -1.29. The molecule has 3 nitrogen and oxygen atoms in total. The van der Waals surface area contributed by atoms with E-state index < -0.39 is 11.2 Å². The molecule has 0 spiro atoms. The first-order valence-corrected chi connectivity index (χ1v) is 14.5. The van der Waals surface area contributed by atoms with E-state index in [9.17, 15) is 4.55 Å². The highest BCUT2D eigenvalue weighted by Crippen LogP contribution is 2.35. The average Bonchev–Trinajstić information content (AvgIpc) is 2.80. The van der Waals surface area contributed by atoms with Crippen LogP contribution in [0.5, 0.6) is 11.5 Å². The third-order valence-corrected chi connectivity index (χ3v) is 8.04. The highest BCUT2D eigenvalue weighted by atomic mass is 79.9. The molecule has 0 heterocycles. The summed E-state index contributed by atoms with van der Waals surface area (Å²) in [5, 5.41) is 0. The summed E-state index contributed by atoms with van der Waals surface area (Å²) >= 11 is 12.5. The summed E-state index contributed by atoms with van der Waals surface area (Å²) < 4.78 is 29.7. The zero-order valence-corrected chi connectivity index (χ0v) is 24.8. The van der Waals surface area contributed by atoms with Crippen LogP contribution in [0.3, 0.4) is 0 Å². The Kier molecular flexibility index (Phi) is 9.18. The third kappa shape index (κ3) is 6.89. The van der Waals surface area contributed by atoms with E-state index in [1.807, 2.05) is 84.9 Å². The molecule has 0 aliphatic carbocycles. The van der Waals surface area contributed by atoms with Gasteiger partial charge in [0, 0.05) is 29.1 Å². The molecule has 0 bridgehead atoms. The fourth-order valence-corrected chi connectivity index (χ4v) is 7.31. The summed E-state index contributed by atoms with van der Waals surface area (Å²) in [6.07, 6.45) is 0. The number of rotatable bonds is 8. The topological polar surface area (TPSA) is 41.5 Å². The quantitative estimate of drug-likeness (QED) is 0.170. The van der Waals surface area contributed by atoms with Crippen LogP contribution in [0, 0.1) is 0 Å². The molecular formula is C26H18Br4O3S. The number of benzene rings is 4. The van der Waals surface area contributed by atoms with Crippen molar-refractivity contribution in [2.24, 2.45) is 0 Å². The van der Waals surface area contributed by atoms with Crippen molar-refractivity contribution in [3.05, 3.63) is 114 Å². The molecule has 0 saturated carbocycles. The fourth-order valence-electron chi connectivity index (χ4n) is 3.27. The van der Waals surface area contributed by atoms with Crippen molar-refractivity contribution < 1.29 is 14.0 Å². The zero-order chi connectivity index (χ0) is 24.1. The Morgan fingerprint density at radius 3 is 1.29 bits per heavy atom. The first kappa shape index (κ1) is 25.8. The summed E-state index contributed by atoms with van der Waals surface area (Å²) in [5.74, 6) is 1.14. The molecule has 0 fully saturated rings. The SMILES string of the molecule is [O-][S+](c1ccccc1OCc1cc(Br)cc(Br)c1)c1ccccc1OCc1cc(Br)cc(Br)c1. The molecule has 0 radical (unpaired) electrons. The van der Waals surface area contributed by atoms with Gasteiger partial charge in [-0.05, 0) is 71.8 Å². The molecule has 0 atom stereocenters. The first-order chi connectivity index (χ1) is 16.4. The molecule has 174 valence electrons. The molecular weight excluding hydrogens is 712 g/mol. The van der Waals surface area contributed by atoms with Crippen LogP contribution in [0.15, 0.2) is 113 Å². The normalized spacial score (nSPS) is 11.0. The third-order valence-electron chi connectivity index (χ3n) is 4.73. The molecule has 0 aliphatic heterocycles. The molecule has 0 amide bonds. The van der Waals surface area contributed by atoms with Crippen LogP contribution in [0.2, 0.25) is 0 Å². The minimum absolute atomic E-state index is 0.349. The van der Waals surface area contributed by atoms with Crippen LogP contribution >= 0.6 is 63.7 Å². The van der Waals surface area contributed by atoms with Crippen molar-refractivity contribution in [1.82, 2.24) is 0 Å². The van der Waals surface area contributed by atoms with Gasteiger partial charge in [-0.15, -0.1) is 0 Å². The smallest absolute Gasteiger partial charge is 0.200 e. The number of para-hydroxylation sites is 2. The van der Waals surface area contributed by atoms with Crippen molar-refractivity contribution in [3.63, 3.8) is 0 Å². The van der Waals surface area contributed by atoms with Crippen molar-refractivity contribution in [3.8, 4) is 11.5 Å². The van der Waals surface area contributed by atoms with E-state index in [1.54, 1.807) is 0 Å². The lowest BCUT2D eigenvalue weighted by Crippen LogP contribution is -2.08. The molecule has 0 aliphatic rings. The Morgan fingerprint density at radius 2 is 0.912 bits per heavy atom. The van der Waals surface area contributed by atoms with Gasteiger partial charge < -0.3 is 14.0 Å². The van der Waals surface area contributed by atoms with Gasteiger partial charge >= 0.3 is 0 Å². The monoisotopic (exact) mass is 726 g/mol. The van der Waals surface area contributed by atoms with Gasteiger partial charge in [-0.2, -0.15) is 0 Å². The van der Waals surface area contributed by atoms with Crippen molar-refractivity contribution >= 4 is 74.9 Å². The lowest BCUT2D eigenvalue weighted by molar-refractivity contribution is 0.295. The van der Waals surface area contributed by atoms with E-state index in [0.717, 1.165) is 29.0 Å². The Labute approximate surface area is 235 Å². The summed E-state index contributed by atoms with van der Waals surface area (Å²) in [6.45, 7) is 0.699. The molecule has 0 N–H and O–H groups in total. The van der Waals surface area contributed by atoms with Crippen molar-refractivity contribution in [2.75, 3.05) is 0 Å². The lowest BCUT2D eigenvalue weighted by Gasteiger charge is -2.17. The predicted octanol–water partition coefficient (Wildman–Crippen LogP) is 9.06. The average molecular weight is 730 g/mol. The van der Waals surface area contributed by atoms with Crippen molar-refractivity contribution in [2.45, 2.75) is 23.0 Å². The van der Waals surface area contributed by atoms with Gasteiger partial charge in [0.25, 0.3) is 0 Å². The van der Waals surface area contributed by atoms with E-state index in [2.05, 4.69) is 63.7 Å². The van der Waals surface area contributed by atoms with Gasteiger partial charge in [-0.25, -0.2) is 0 Å². The second-order valence-electron chi connectivity index (χ2n) is 7.29. The summed E-state index contributed by atoms with van der Waals surface area (Å²) in [5.41, 5.74) is 1.98. The van der Waals surface area contributed by atoms with Crippen LogP contribution in [0.25, 0.3) is 0 Å². The second-order valence-corrected chi connectivity index (χ2v) is 12.4. The lowest BCUT2D eigenvalue weighted by atomic mass is 10.2. The van der Waals surface area contributed by atoms with Crippen LogP contribution in [0.4, 0.5) is 0 Å². The van der Waals surface area contributed by atoms with Gasteiger partial charge in [0.05, 0.1) is 0 Å². The molecule has 4 aromatic carbocycles. The van der Waals surface area contributed by atoms with Gasteiger partial charge in [0.2, 0.25) is 0 Å². The highest BCUT2D eigenvalue weighted by Gasteiger charge is 2.24. The van der Waals surface area contributed by atoms with E-state index in [1.165, 1.54) is 0 Å². The summed E-state index contributed by atoms with van der Waals surface area (Å²) in [4.78, 5) is 1.19. The Balaban J connectivity index is 1.54. The summed E-state index contributed by atoms with van der Waals surface area (Å²) in [7, 11) is 0. The zero-order valence-electron chi connectivity index (χ0n) is 17.6. The number of halogens is 4. The maximum absolute atomic E-state index is 13.6. The molecule has 8 heteroatoms. The van der Waals surface area contributed by atoms with Crippen LogP contribution in [-0.2, 0) is 24.4 Å². The van der Waals surface area contributed by atoms with Gasteiger partial charge in [-0.1, -0.05) is 88.0 Å². The van der Waals surface area contributed by atoms with E-state index in [4.69, 9.17) is 9.47 Å². The predicted molar refractivity (Wildman–Crippen MR) is 150 cm³/mol. The van der Waals surface area contributed by atoms with Crippen LogP contribution < -0.4 is 9.47 Å². The van der Waals surface area contributed by atoms with Gasteiger partial charge in [0.1, 0.15) is 13.2 Å². The number of ether oxygens (including phenoxy) is 2. The fraction of sp³-hybridized carbons (Fsp3) is 0.0769.